The van der Waals surface area contributed by atoms with Gasteiger partial charge in [-0.15, -0.1) is 0 Å². The molecule has 0 aliphatic carbocycles. The zero-order valence-corrected chi connectivity index (χ0v) is 7.01. The fourth-order valence-corrected chi connectivity index (χ4v) is 1.75. The van der Waals surface area contributed by atoms with E-state index in [-0.39, 0.29) is 0 Å². The van der Waals surface area contributed by atoms with Crippen molar-refractivity contribution >= 4 is 0 Å². The Labute approximate surface area is 67.2 Å². The second-order valence-electron chi connectivity index (χ2n) is 3.31. The fraction of sp³-hybridized carbons (Fsp3) is 0.667. The van der Waals surface area contributed by atoms with E-state index >= 15 is 0 Å². The standard InChI is InChI=1S/C9H14N2/c1-8-7-10-11-6-4-2-3-5-9(8)11/h7H,2-6H2,1H3. The highest BCUT2D eigenvalue weighted by atomic mass is 15.3. The Bertz CT molecular complexity index is 250. The second kappa shape index (κ2) is 2.68. The van der Waals surface area contributed by atoms with Crippen LogP contribution in [0.3, 0.4) is 0 Å². The number of hydrogen-bond acceptors (Lipinski definition) is 1. The maximum atomic E-state index is 4.33. The van der Waals surface area contributed by atoms with Crippen LogP contribution >= 0.6 is 0 Å². The van der Waals surface area contributed by atoms with E-state index in [4.69, 9.17) is 0 Å². The molecule has 1 aromatic heterocycles. The largest absolute Gasteiger partial charge is 0.269 e. The van der Waals surface area contributed by atoms with E-state index < -0.39 is 0 Å². The van der Waals surface area contributed by atoms with Crippen molar-refractivity contribution in [3.8, 4) is 0 Å². The zero-order chi connectivity index (χ0) is 7.68. The molecule has 2 nitrogen and oxygen atoms in total. The number of hydrogen-bond donors (Lipinski definition) is 0. The molecule has 0 amide bonds. The number of fused-ring (bicyclic) bond motifs is 1. The van der Waals surface area contributed by atoms with Gasteiger partial charge in [-0.2, -0.15) is 5.10 Å². The van der Waals surface area contributed by atoms with E-state index in [0.717, 1.165) is 6.54 Å². The van der Waals surface area contributed by atoms with Gasteiger partial charge in [-0.1, -0.05) is 6.42 Å². The maximum Gasteiger partial charge on any atom is 0.0521 e. The molecule has 0 bridgehead atoms. The molecule has 0 aromatic carbocycles. The minimum Gasteiger partial charge on any atom is -0.269 e. The van der Waals surface area contributed by atoms with Gasteiger partial charge in [0.1, 0.15) is 0 Å². The normalized spacial score (nSPS) is 17.5. The average molecular weight is 150 g/mol. The minimum absolute atomic E-state index is 1.13. The molecule has 0 fully saturated rings. The first kappa shape index (κ1) is 6.89. The van der Waals surface area contributed by atoms with Gasteiger partial charge in [0, 0.05) is 12.2 Å². The summed E-state index contributed by atoms with van der Waals surface area (Å²) in [7, 11) is 0. The van der Waals surface area contributed by atoms with Crippen molar-refractivity contribution in [1.29, 1.82) is 0 Å². The maximum absolute atomic E-state index is 4.33. The lowest BCUT2D eigenvalue weighted by Gasteiger charge is -2.00. The van der Waals surface area contributed by atoms with Gasteiger partial charge >= 0.3 is 0 Å². The molecule has 1 aliphatic heterocycles. The summed E-state index contributed by atoms with van der Waals surface area (Å²) in [5.74, 6) is 0. The number of aromatic nitrogens is 2. The summed E-state index contributed by atoms with van der Waals surface area (Å²) in [6, 6.07) is 0. The molecule has 1 aromatic rings. The van der Waals surface area contributed by atoms with Gasteiger partial charge in [0.15, 0.2) is 0 Å². The number of rotatable bonds is 0. The van der Waals surface area contributed by atoms with Crippen LogP contribution in [0.2, 0.25) is 0 Å². The van der Waals surface area contributed by atoms with Crippen LogP contribution in [-0.2, 0) is 13.0 Å². The van der Waals surface area contributed by atoms with Crippen LogP contribution < -0.4 is 0 Å². The quantitative estimate of drug-likeness (QED) is 0.552. The molecular weight excluding hydrogens is 136 g/mol. The highest BCUT2D eigenvalue weighted by Gasteiger charge is 2.09. The van der Waals surface area contributed by atoms with Crippen LogP contribution in [-0.4, -0.2) is 9.78 Å². The Balaban J connectivity index is 2.35. The summed E-state index contributed by atoms with van der Waals surface area (Å²) in [5.41, 5.74) is 2.83. The van der Waals surface area contributed by atoms with Crippen LogP contribution in [0.1, 0.15) is 30.5 Å². The lowest BCUT2D eigenvalue weighted by molar-refractivity contribution is 0.576. The van der Waals surface area contributed by atoms with Crippen molar-refractivity contribution < 1.29 is 0 Å². The van der Waals surface area contributed by atoms with E-state index in [1.54, 1.807) is 0 Å². The van der Waals surface area contributed by atoms with Crippen LogP contribution in [0.5, 0.6) is 0 Å². The summed E-state index contributed by atoms with van der Waals surface area (Å²) in [6.45, 7) is 3.29. The van der Waals surface area contributed by atoms with Crippen molar-refractivity contribution in [3.63, 3.8) is 0 Å². The third-order valence-corrected chi connectivity index (χ3v) is 2.44. The first-order valence-corrected chi connectivity index (χ1v) is 4.39. The molecule has 0 saturated carbocycles. The highest BCUT2D eigenvalue weighted by molar-refractivity contribution is 5.16. The Morgan fingerprint density at radius 3 is 3.18 bits per heavy atom. The summed E-state index contributed by atoms with van der Waals surface area (Å²) in [4.78, 5) is 0. The van der Waals surface area contributed by atoms with Gasteiger partial charge in [-0.05, 0) is 31.7 Å². The Hall–Kier alpha value is -0.790. The second-order valence-corrected chi connectivity index (χ2v) is 3.31. The van der Waals surface area contributed by atoms with Crippen molar-refractivity contribution in [2.24, 2.45) is 0 Å². The minimum atomic E-state index is 1.13. The van der Waals surface area contributed by atoms with Gasteiger partial charge in [0.2, 0.25) is 0 Å². The molecule has 2 heterocycles. The van der Waals surface area contributed by atoms with E-state index in [1.165, 1.54) is 36.9 Å². The van der Waals surface area contributed by atoms with Crippen LogP contribution in [0, 0.1) is 6.92 Å². The molecule has 0 radical (unpaired) electrons. The van der Waals surface area contributed by atoms with Crippen molar-refractivity contribution in [2.75, 3.05) is 0 Å². The van der Waals surface area contributed by atoms with Crippen molar-refractivity contribution in [2.45, 2.75) is 39.2 Å². The molecule has 1 aliphatic rings. The fourth-order valence-electron chi connectivity index (χ4n) is 1.75. The van der Waals surface area contributed by atoms with E-state index in [9.17, 15) is 0 Å². The van der Waals surface area contributed by atoms with Crippen molar-refractivity contribution in [1.82, 2.24) is 9.78 Å². The third kappa shape index (κ3) is 1.17. The molecule has 0 unspecified atom stereocenters. The van der Waals surface area contributed by atoms with E-state index in [1.807, 2.05) is 6.20 Å². The number of nitrogens with zero attached hydrogens (tertiary/aromatic N) is 2. The monoisotopic (exact) mass is 150 g/mol. The highest BCUT2D eigenvalue weighted by Crippen LogP contribution is 2.16. The molecule has 11 heavy (non-hydrogen) atoms. The molecule has 0 N–H and O–H groups in total. The van der Waals surface area contributed by atoms with Crippen LogP contribution in [0.4, 0.5) is 0 Å². The van der Waals surface area contributed by atoms with E-state index in [2.05, 4.69) is 16.7 Å². The summed E-state index contributed by atoms with van der Waals surface area (Å²) in [6.07, 6.45) is 7.22. The Kier molecular flexibility index (Phi) is 1.68. The van der Waals surface area contributed by atoms with Gasteiger partial charge in [-0.25, -0.2) is 0 Å². The lowest BCUT2D eigenvalue weighted by atomic mass is 10.1. The lowest BCUT2D eigenvalue weighted by Crippen LogP contribution is -2.01. The molecule has 60 valence electrons. The van der Waals surface area contributed by atoms with Gasteiger partial charge in [0.25, 0.3) is 0 Å². The average Bonchev–Trinajstić information content (AvgIpc) is 2.25. The van der Waals surface area contributed by atoms with Gasteiger partial charge in [0.05, 0.1) is 6.20 Å². The Morgan fingerprint density at radius 2 is 2.27 bits per heavy atom. The Morgan fingerprint density at radius 1 is 1.36 bits per heavy atom. The smallest absolute Gasteiger partial charge is 0.0521 e. The molecule has 0 saturated heterocycles. The number of aryl methyl sites for hydroxylation is 2. The van der Waals surface area contributed by atoms with Gasteiger partial charge < -0.3 is 0 Å². The SMILES string of the molecule is Cc1cnn2c1CCCCC2. The van der Waals surface area contributed by atoms with Crippen LogP contribution in [0.15, 0.2) is 6.20 Å². The molecular formula is C9H14N2. The zero-order valence-electron chi connectivity index (χ0n) is 7.01. The summed E-state index contributed by atoms with van der Waals surface area (Å²) >= 11 is 0. The molecule has 2 heteroatoms. The van der Waals surface area contributed by atoms with E-state index in [0.29, 0.717) is 0 Å². The molecule has 0 spiro atoms. The molecule has 2 rings (SSSR count). The first-order chi connectivity index (χ1) is 5.38. The summed E-state index contributed by atoms with van der Waals surface area (Å²) in [5, 5.41) is 4.33. The van der Waals surface area contributed by atoms with Gasteiger partial charge in [-0.3, -0.25) is 4.68 Å². The topological polar surface area (TPSA) is 17.8 Å². The van der Waals surface area contributed by atoms with Crippen molar-refractivity contribution in [3.05, 3.63) is 17.5 Å². The predicted octanol–water partition coefficient (Wildman–Crippen LogP) is 1.92. The summed E-state index contributed by atoms with van der Waals surface area (Å²) < 4.78 is 2.17. The third-order valence-electron chi connectivity index (χ3n) is 2.44. The first-order valence-electron chi connectivity index (χ1n) is 4.39. The van der Waals surface area contributed by atoms with Crippen LogP contribution in [0.25, 0.3) is 0 Å². The molecule has 0 atom stereocenters. The predicted molar refractivity (Wildman–Crippen MR) is 44.5 cm³/mol.